The Hall–Kier alpha value is -1.65. The van der Waals surface area contributed by atoms with Crippen LogP contribution in [-0.2, 0) is 0 Å². The molecular formula is C8H10N2O3. The molecule has 0 N–H and O–H groups in total. The van der Waals surface area contributed by atoms with Crippen molar-refractivity contribution < 1.29 is 9.21 Å². The van der Waals surface area contributed by atoms with Gasteiger partial charge in [-0.05, 0) is 6.92 Å². The molecule has 5 heteroatoms. The first-order chi connectivity index (χ1) is 6.06. The van der Waals surface area contributed by atoms with E-state index in [4.69, 9.17) is 4.42 Å². The summed E-state index contributed by atoms with van der Waals surface area (Å²) in [6.07, 6.45) is 0.452. The summed E-state index contributed by atoms with van der Waals surface area (Å²) < 4.78 is 4.77. The average molecular weight is 182 g/mol. The Kier molecular flexibility index (Phi) is 2.46. The summed E-state index contributed by atoms with van der Waals surface area (Å²) in [5, 5.41) is 0. The minimum atomic E-state index is -0.647. The maximum Gasteiger partial charge on any atom is 0.351 e. The summed E-state index contributed by atoms with van der Waals surface area (Å²) in [5.74, 6) is 0. The van der Waals surface area contributed by atoms with Crippen LogP contribution in [0.4, 0.5) is 6.01 Å². The maximum atomic E-state index is 11.1. The highest BCUT2D eigenvalue weighted by Gasteiger charge is 2.09. The predicted octanol–water partition coefficient (Wildman–Crippen LogP) is 0.222. The molecular weight excluding hydrogens is 172 g/mol. The number of anilines is 1. The Morgan fingerprint density at radius 2 is 2.08 bits per heavy atom. The van der Waals surface area contributed by atoms with Crippen LogP contribution in [0.2, 0.25) is 0 Å². The van der Waals surface area contributed by atoms with E-state index in [1.807, 2.05) is 0 Å². The van der Waals surface area contributed by atoms with Gasteiger partial charge in [-0.15, -0.1) is 0 Å². The Labute approximate surface area is 75.0 Å². The highest BCUT2D eigenvalue weighted by atomic mass is 16.4. The van der Waals surface area contributed by atoms with Crippen LogP contribution in [0.15, 0.2) is 9.21 Å². The van der Waals surface area contributed by atoms with Crippen LogP contribution in [0.5, 0.6) is 0 Å². The summed E-state index contributed by atoms with van der Waals surface area (Å²) >= 11 is 0. The first-order valence-electron chi connectivity index (χ1n) is 3.70. The number of aldehydes is 1. The van der Waals surface area contributed by atoms with Crippen LogP contribution in [0.25, 0.3) is 0 Å². The van der Waals surface area contributed by atoms with Gasteiger partial charge in [0.05, 0.1) is 5.69 Å². The Balaban J connectivity index is 3.37. The first kappa shape index (κ1) is 9.44. The SMILES string of the molecule is Cc1nc(N(C)C)oc(=O)c1C=O. The largest absolute Gasteiger partial charge is 0.388 e. The Bertz CT molecular complexity index is 381. The van der Waals surface area contributed by atoms with Crippen molar-refractivity contribution in [2.75, 3.05) is 19.0 Å². The summed E-state index contributed by atoms with van der Waals surface area (Å²) in [5.41, 5.74) is -0.285. The van der Waals surface area contributed by atoms with E-state index in [0.717, 1.165) is 0 Å². The minimum Gasteiger partial charge on any atom is -0.388 e. The molecule has 13 heavy (non-hydrogen) atoms. The van der Waals surface area contributed by atoms with Gasteiger partial charge in [-0.2, -0.15) is 0 Å². The van der Waals surface area contributed by atoms with E-state index in [1.54, 1.807) is 25.9 Å². The lowest BCUT2D eigenvalue weighted by Crippen LogP contribution is -2.18. The van der Waals surface area contributed by atoms with Crippen molar-refractivity contribution in [3.05, 3.63) is 21.7 Å². The standard InChI is InChI=1S/C8H10N2O3/c1-5-6(4-11)7(12)13-8(9-5)10(2)3/h4H,1-3H3. The molecule has 0 unspecified atom stereocenters. The fraction of sp³-hybridized carbons (Fsp3) is 0.375. The number of carbonyl (C=O) groups is 1. The van der Waals surface area contributed by atoms with Gasteiger partial charge in [0.1, 0.15) is 5.56 Å². The van der Waals surface area contributed by atoms with Crippen molar-refractivity contribution in [3.63, 3.8) is 0 Å². The van der Waals surface area contributed by atoms with E-state index < -0.39 is 5.63 Å². The second-order valence-electron chi connectivity index (χ2n) is 2.80. The number of hydrogen-bond acceptors (Lipinski definition) is 5. The Morgan fingerprint density at radius 1 is 1.46 bits per heavy atom. The van der Waals surface area contributed by atoms with Crippen LogP contribution < -0.4 is 10.5 Å². The molecule has 0 saturated carbocycles. The first-order valence-corrected chi connectivity index (χ1v) is 3.70. The van der Waals surface area contributed by atoms with E-state index in [9.17, 15) is 9.59 Å². The monoisotopic (exact) mass is 182 g/mol. The Morgan fingerprint density at radius 3 is 2.46 bits per heavy atom. The fourth-order valence-electron chi connectivity index (χ4n) is 0.837. The van der Waals surface area contributed by atoms with Crippen LogP contribution in [0, 0.1) is 6.92 Å². The lowest BCUT2D eigenvalue weighted by atomic mass is 10.3. The van der Waals surface area contributed by atoms with E-state index in [0.29, 0.717) is 12.0 Å². The van der Waals surface area contributed by atoms with Crippen molar-refractivity contribution in [1.82, 2.24) is 4.98 Å². The third kappa shape index (κ3) is 1.74. The third-order valence-electron chi connectivity index (χ3n) is 1.56. The maximum absolute atomic E-state index is 11.1. The van der Waals surface area contributed by atoms with E-state index in [1.165, 1.54) is 0 Å². The van der Waals surface area contributed by atoms with E-state index in [2.05, 4.69) is 4.98 Å². The highest BCUT2D eigenvalue weighted by Crippen LogP contribution is 2.06. The molecule has 1 heterocycles. The van der Waals surface area contributed by atoms with Crippen LogP contribution >= 0.6 is 0 Å². The number of hydrogen-bond donors (Lipinski definition) is 0. The minimum absolute atomic E-state index is 0.0226. The zero-order chi connectivity index (χ0) is 10.0. The third-order valence-corrected chi connectivity index (χ3v) is 1.56. The van der Waals surface area contributed by atoms with Gasteiger partial charge in [0.2, 0.25) is 0 Å². The zero-order valence-electron chi connectivity index (χ0n) is 7.70. The van der Waals surface area contributed by atoms with Crippen molar-refractivity contribution in [3.8, 4) is 0 Å². The summed E-state index contributed by atoms with van der Waals surface area (Å²) in [4.78, 5) is 27.0. The highest BCUT2D eigenvalue weighted by molar-refractivity contribution is 5.75. The number of carbonyl (C=O) groups excluding carboxylic acids is 1. The molecule has 0 aliphatic carbocycles. The van der Waals surface area contributed by atoms with Crippen LogP contribution in [0.3, 0.4) is 0 Å². The second-order valence-corrected chi connectivity index (χ2v) is 2.80. The van der Waals surface area contributed by atoms with Gasteiger partial charge in [-0.1, -0.05) is 0 Å². The topological polar surface area (TPSA) is 63.4 Å². The van der Waals surface area contributed by atoms with Gasteiger partial charge < -0.3 is 9.32 Å². The van der Waals surface area contributed by atoms with Crippen LogP contribution in [0.1, 0.15) is 16.1 Å². The molecule has 0 aliphatic heterocycles. The smallest absolute Gasteiger partial charge is 0.351 e. The van der Waals surface area contributed by atoms with Gasteiger partial charge in [-0.3, -0.25) is 4.79 Å². The average Bonchev–Trinajstić information content (AvgIpc) is 2.03. The molecule has 0 bridgehead atoms. The van der Waals surface area contributed by atoms with Crippen molar-refractivity contribution in [1.29, 1.82) is 0 Å². The molecule has 0 radical (unpaired) electrons. The quantitative estimate of drug-likeness (QED) is 0.612. The summed E-state index contributed by atoms with van der Waals surface area (Å²) in [6.45, 7) is 1.59. The van der Waals surface area contributed by atoms with Gasteiger partial charge in [0.25, 0.3) is 6.01 Å². The molecule has 0 spiro atoms. The van der Waals surface area contributed by atoms with Gasteiger partial charge in [0, 0.05) is 14.1 Å². The molecule has 5 nitrogen and oxygen atoms in total. The molecule has 0 fully saturated rings. The molecule has 1 aromatic rings. The molecule has 1 rings (SSSR count). The van der Waals surface area contributed by atoms with E-state index >= 15 is 0 Å². The number of aryl methyl sites for hydroxylation is 1. The van der Waals surface area contributed by atoms with Gasteiger partial charge >= 0.3 is 5.63 Å². The number of aromatic nitrogens is 1. The van der Waals surface area contributed by atoms with Crippen molar-refractivity contribution >= 4 is 12.3 Å². The second kappa shape index (κ2) is 3.38. The molecule has 0 saturated heterocycles. The van der Waals surface area contributed by atoms with Crippen molar-refractivity contribution in [2.45, 2.75) is 6.92 Å². The lowest BCUT2D eigenvalue weighted by Gasteiger charge is -2.08. The van der Waals surface area contributed by atoms with Crippen LogP contribution in [-0.4, -0.2) is 25.4 Å². The molecule has 0 atom stereocenters. The predicted molar refractivity (Wildman–Crippen MR) is 47.2 cm³/mol. The lowest BCUT2D eigenvalue weighted by molar-refractivity contribution is 0.111. The van der Waals surface area contributed by atoms with Crippen molar-refractivity contribution in [2.24, 2.45) is 0 Å². The molecule has 0 amide bonds. The fourth-order valence-corrected chi connectivity index (χ4v) is 0.837. The normalized spacial score (nSPS) is 9.77. The molecule has 70 valence electrons. The van der Waals surface area contributed by atoms with Gasteiger partial charge in [-0.25, -0.2) is 9.78 Å². The summed E-state index contributed by atoms with van der Waals surface area (Å²) in [7, 11) is 3.40. The summed E-state index contributed by atoms with van der Waals surface area (Å²) in [6, 6.07) is 0.202. The van der Waals surface area contributed by atoms with E-state index in [-0.39, 0.29) is 11.6 Å². The molecule has 0 aromatic carbocycles. The number of nitrogens with zero attached hydrogens (tertiary/aromatic N) is 2. The zero-order valence-corrected chi connectivity index (χ0v) is 7.70. The molecule has 0 aliphatic rings. The number of rotatable bonds is 2. The molecule has 1 aromatic heterocycles. The van der Waals surface area contributed by atoms with Gasteiger partial charge in [0.15, 0.2) is 6.29 Å².